The van der Waals surface area contributed by atoms with E-state index in [0.29, 0.717) is 29.6 Å². The third-order valence-corrected chi connectivity index (χ3v) is 6.89. The molecule has 1 saturated heterocycles. The smallest absolute Gasteiger partial charge is 0.309 e. The van der Waals surface area contributed by atoms with Crippen molar-refractivity contribution >= 4 is 5.97 Å². The summed E-state index contributed by atoms with van der Waals surface area (Å²) in [7, 11) is 0. The van der Waals surface area contributed by atoms with Crippen LogP contribution >= 0.6 is 0 Å². The minimum absolute atomic E-state index is 0.0202. The molecule has 21 heavy (non-hydrogen) atoms. The molecule has 1 aliphatic heterocycles. The average Bonchev–Trinajstić information content (AvgIpc) is 3.23. The molecule has 0 aromatic heterocycles. The van der Waals surface area contributed by atoms with Crippen LogP contribution in [0.25, 0.3) is 0 Å². The highest BCUT2D eigenvalue weighted by atomic mass is 16.6. The zero-order valence-electron chi connectivity index (χ0n) is 12.1. The van der Waals surface area contributed by atoms with Gasteiger partial charge in [-0.15, -0.1) is 0 Å². The van der Waals surface area contributed by atoms with Gasteiger partial charge in [-0.05, 0) is 48.9 Å². The van der Waals surface area contributed by atoms with Gasteiger partial charge in [0, 0.05) is 12.5 Å². The molecule has 4 aliphatic carbocycles. The minimum atomic E-state index is -0.110. The van der Waals surface area contributed by atoms with Crippen molar-refractivity contribution in [2.24, 2.45) is 41.4 Å². The summed E-state index contributed by atoms with van der Waals surface area (Å²) in [4.78, 5) is 12.6. The first-order valence-electron chi connectivity index (χ1n) is 8.37. The van der Waals surface area contributed by atoms with E-state index in [2.05, 4.69) is 12.2 Å². The van der Waals surface area contributed by atoms with Gasteiger partial charge in [0.1, 0.15) is 6.10 Å². The van der Waals surface area contributed by atoms with Crippen LogP contribution < -0.4 is 0 Å². The predicted molar refractivity (Wildman–Crippen MR) is 74.1 cm³/mol. The number of rotatable bonds is 3. The van der Waals surface area contributed by atoms with E-state index >= 15 is 0 Å². The summed E-state index contributed by atoms with van der Waals surface area (Å²) >= 11 is 0. The Kier molecular flexibility index (Phi) is 2.61. The maximum Gasteiger partial charge on any atom is 0.309 e. The van der Waals surface area contributed by atoms with E-state index in [9.17, 15) is 9.90 Å². The van der Waals surface area contributed by atoms with E-state index in [1.807, 2.05) is 0 Å². The second-order valence-electron chi connectivity index (χ2n) is 7.66. The van der Waals surface area contributed by atoms with Crippen molar-refractivity contribution in [1.82, 2.24) is 0 Å². The maximum atomic E-state index is 12.6. The number of allylic oxidation sites excluding steroid dienone is 2. The van der Waals surface area contributed by atoms with Gasteiger partial charge in [-0.1, -0.05) is 12.2 Å². The molecular weight excluding hydrogens is 268 g/mol. The lowest BCUT2D eigenvalue weighted by atomic mass is 9.79. The second-order valence-corrected chi connectivity index (χ2v) is 7.66. The zero-order valence-corrected chi connectivity index (χ0v) is 12.1. The van der Waals surface area contributed by atoms with Gasteiger partial charge < -0.3 is 14.6 Å². The van der Waals surface area contributed by atoms with E-state index in [1.54, 1.807) is 0 Å². The number of carbonyl (C=O) groups is 1. The predicted octanol–water partition coefficient (Wildman–Crippen LogP) is 1.38. The summed E-state index contributed by atoms with van der Waals surface area (Å²) in [5.41, 5.74) is 0. The average molecular weight is 290 g/mol. The van der Waals surface area contributed by atoms with E-state index < -0.39 is 0 Å². The lowest BCUT2D eigenvalue weighted by Crippen LogP contribution is -2.42. The third-order valence-electron chi connectivity index (χ3n) is 6.89. The quantitative estimate of drug-likeness (QED) is 0.630. The summed E-state index contributed by atoms with van der Waals surface area (Å²) in [6, 6.07) is 0. The summed E-state index contributed by atoms with van der Waals surface area (Å²) in [5, 5.41) is 9.65. The molecular formula is C17H22O4. The number of hydrogen-bond donors (Lipinski definition) is 1. The first-order valence-corrected chi connectivity index (χ1v) is 8.37. The van der Waals surface area contributed by atoms with E-state index in [-0.39, 0.29) is 36.6 Å². The maximum absolute atomic E-state index is 12.6. The molecule has 1 heterocycles. The fourth-order valence-electron chi connectivity index (χ4n) is 5.93. The summed E-state index contributed by atoms with van der Waals surface area (Å²) < 4.78 is 11.8. The Hall–Kier alpha value is -0.870. The lowest BCUT2D eigenvalue weighted by Gasteiger charge is -2.33. The van der Waals surface area contributed by atoms with Crippen molar-refractivity contribution in [3.8, 4) is 0 Å². The van der Waals surface area contributed by atoms with Crippen LogP contribution in [0.2, 0.25) is 0 Å². The second kappa shape index (κ2) is 4.32. The van der Waals surface area contributed by atoms with E-state index in [1.165, 1.54) is 0 Å². The molecule has 0 amide bonds. The first-order chi connectivity index (χ1) is 10.3. The van der Waals surface area contributed by atoms with Gasteiger partial charge >= 0.3 is 5.97 Å². The number of carbonyl (C=O) groups excluding carboxylic acids is 1. The Morgan fingerprint density at radius 1 is 1.19 bits per heavy atom. The fourth-order valence-corrected chi connectivity index (χ4v) is 5.93. The largest absolute Gasteiger partial charge is 0.459 e. The van der Waals surface area contributed by atoms with Gasteiger partial charge in [-0.3, -0.25) is 4.79 Å². The highest BCUT2D eigenvalue weighted by Crippen LogP contribution is 2.58. The van der Waals surface area contributed by atoms with Crippen molar-refractivity contribution in [2.45, 2.75) is 31.5 Å². The molecule has 0 aromatic carbocycles. The van der Waals surface area contributed by atoms with Crippen LogP contribution in [-0.2, 0) is 14.3 Å². The van der Waals surface area contributed by atoms with Crippen molar-refractivity contribution < 1.29 is 19.4 Å². The standard InChI is InChI=1S/C17H22O4/c18-6-13-11-5-12-14(13)7-20-15(12)16(11)21-17(19)10-4-8-1-2-9(10)3-8/h1-2,8-16,18H,3-7H2. The minimum Gasteiger partial charge on any atom is -0.459 e. The van der Waals surface area contributed by atoms with Crippen LogP contribution in [-0.4, -0.2) is 36.5 Å². The van der Waals surface area contributed by atoms with Crippen LogP contribution in [0, 0.1) is 41.4 Å². The molecule has 9 unspecified atom stereocenters. The van der Waals surface area contributed by atoms with Crippen LogP contribution in [0.1, 0.15) is 19.3 Å². The van der Waals surface area contributed by atoms with Crippen molar-refractivity contribution in [2.75, 3.05) is 13.2 Å². The Morgan fingerprint density at radius 2 is 2.10 bits per heavy atom. The van der Waals surface area contributed by atoms with Gasteiger partial charge in [0.05, 0.1) is 18.6 Å². The van der Waals surface area contributed by atoms with E-state index in [0.717, 1.165) is 25.9 Å². The summed E-state index contributed by atoms with van der Waals surface area (Å²) in [6.45, 7) is 0.939. The van der Waals surface area contributed by atoms with Crippen LogP contribution in [0.5, 0.6) is 0 Å². The normalized spacial score (nSPS) is 55.6. The van der Waals surface area contributed by atoms with Gasteiger partial charge in [-0.2, -0.15) is 0 Å². The molecule has 0 radical (unpaired) electrons. The topological polar surface area (TPSA) is 55.8 Å². The summed E-state index contributed by atoms with van der Waals surface area (Å²) in [6.07, 6.45) is 7.57. The van der Waals surface area contributed by atoms with Crippen LogP contribution in [0.3, 0.4) is 0 Å². The number of ether oxygens (including phenoxy) is 2. The van der Waals surface area contributed by atoms with Gasteiger partial charge in [-0.25, -0.2) is 0 Å². The number of esters is 1. The van der Waals surface area contributed by atoms with Crippen molar-refractivity contribution in [3.63, 3.8) is 0 Å². The van der Waals surface area contributed by atoms with Crippen LogP contribution in [0.15, 0.2) is 12.2 Å². The molecule has 5 aliphatic rings. The zero-order chi connectivity index (χ0) is 14.1. The number of hydrogen-bond acceptors (Lipinski definition) is 4. The molecule has 4 bridgehead atoms. The molecule has 1 N–H and O–H groups in total. The molecule has 0 aromatic rings. The van der Waals surface area contributed by atoms with Crippen molar-refractivity contribution in [3.05, 3.63) is 12.2 Å². The molecule has 4 heteroatoms. The molecule has 5 rings (SSSR count). The van der Waals surface area contributed by atoms with Gasteiger partial charge in [0.15, 0.2) is 0 Å². The Labute approximate surface area is 124 Å². The highest BCUT2D eigenvalue weighted by molar-refractivity contribution is 5.74. The van der Waals surface area contributed by atoms with E-state index in [4.69, 9.17) is 9.47 Å². The SMILES string of the molecule is O=C(OC1C2CC3C(COC31)C2CO)C1CC2C=CC1C2. The number of aliphatic hydroxyl groups excluding tert-OH is 1. The fraction of sp³-hybridized carbons (Fsp3) is 0.824. The molecule has 0 spiro atoms. The first kappa shape index (κ1) is 12.7. The molecule has 9 atom stereocenters. The molecule has 114 valence electrons. The Bertz CT molecular complexity index is 501. The number of aliphatic hydroxyl groups is 1. The number of fused-ring (bicyclic) bond motifs is 3. The molecule has 4 nitrogen and oxygen atoms in total. The Balaban J connectivity index is 1.33. The van der Waals surface area contributed by atoms with Gasteiger partial charge in [0.25, 0.3) is 0 Å². The lowest BCUT2D eigenvalue weighted by molar-refractivity contribution is -0.165. The monoisotopic (exact) mass is 290 g/mol. The van der Waals surface area contributed by atoms with Crippen molar-refractivity contribution in [1.29, 1.82) is 0 Å². The molecule has 4 fully saturated rings. The van der Waals surface area contributed by atoms with Crippen LogP contribution in [0.4, 0.5) is 0 Å². The molecule has 3 saturated carbocycles. The summed E-state index contributed by atoms with van der Waals surface area (Å²) in [5.74, 6) is 2.60. The third kappa shape index (κ3) is 1.61. The highest BCUT2D eigenvalue weighted by Gasteiger charge is 2.63. The Morgan fingerprint density at radius 3 is 2.81 bits per heavy atom. The van der Waals surface area contributed by atoms with Gasteiger partial charge in [0.2, 0.25) is 0 Å².